The molecule has 10 nitrogen and oxygen atoms in total. The zero-order chi connectivity index (χ0) is 22.2. The van der Waals surface area contributed by atoms with Crippen molar-refractivity contribution in [3.05, 3.63) is 58.8 Å². The van der Waals surface area contributed by atoms with Crippen LogP contribution in [0.5, 0.6) is 5.75 Å². The van der Waals surface area contributed by atoms with E-state index in [-0.39, 0.29) is 17.6 Å². The molecule has 0 radical (unpaired) electrons. The molecule has 5 rings (SSSR count). The molecule has 164 valence electrons. The Kier molecular flexibility index (Phi) is 5.06. The van der Waals surface area contributed by atoms with E-state index in [0.29, 0.717) is 30.5 Å². The average Bonchev–Trinajstić information content (AvgIpc) is 3.41. The van der Waals surface area contributed by atoms with Crippen LogP contribution in [0.15, 0.2) is 47.4 Å². The number of anilines is 1. The molecule has 1 fully saturated rings. The summed E-state index contributed by atoms with van der Waals surface area (Å²) in [5.74, 6) is 2.03. The van der Waals surface area contributed by atoms with Gasteiger partial charge in [0, 0.05) is 18.7 Å². The highest BCUT2D eigenvalue weighted by atomic mass is 16.5. The fourth-order valence-corrected chi connectivity index (χ4v) is 3.94. The van der Waals surface area contributed by atoms with Gasteiger partial charge in [0.05, 0.1) is 43.6 Å². The number of nitrogens with one attached hydrogen (secondary N) is 1. The maximum Gasteiger partial charge on any atom is 0.267 e. The molecule has 1 aliphatic heterocycles. The number of aromatic nitrogens is 6. The molecule has 1 aromatic carbocycles. The largest absolute Gasteiger partial charge is 0.497 e. The standard InChI is InChI=1S/C22H23N7O3/c1-13-24-21(16-10-23-28(2)22(16)25-13)26-18-11-32-12-19(18)29-20(30)8-7-17(27-29)14-5-4-6-15(9-14)31-3/h4-10,18-19H,11-12H2,1-3H3,(H,24,25,26). The molecule has 4 aromatic rings. The molecular weight excluding hydrogens is 410 g/mol. The minimum absolute atomic E-state index is 0.190. The van der Waals surface area contributed by atoms with Gasteiger partial charge in [-0.1, -0.05) is 12.1 Å². The number of benzene rings is 1. The number of fused-ring (bicyclic) bond motifs is 1. The number of rotatable bonds is 5. The summed E-state index contributed by atoms with van der Waals surface area (Å²) < 4.78 is 14.3. The number of aryl methyl sites for hydroxylation is 2. The van der Waals surface area contributed by atoms with E-state index in [2.05, 4.69) is 25.5 Å². The van der Waals surface area contributed by atoms with Crippen molar-refractivity contribution < 1.29 is 9.47 Å². The Labute approximate surface area is 183 Å². The van der Waals surface area contributed by atoms with E-state index < -0.39 is 0 Å². The minimum Gasteiger partial charge on any atom is -0.497 e. The highest BCUT2D eigenvalue weighted by molar-refractivity contribution is 5.86. The number of hydrogen-bond acceptors (Lipinski definition) is 8. The first-order valence-electron chi connectivity index (χ1n) is 10.3. The van der Waals surface area contributed by atoms with E-state index in [4.69, 9.17) is 9.47 Å². The lowest BCUT2D eigenvalue weighted by molar-refractivity contribution is 0.183. The lowest BCUT2D eigenvalue weighted by Crippen LogP contribution is -2.37. The number of nitrogens with zero attached hydrogens (tertiary/aromatic N) is 6. The van der Waals surface area contributed by atoms with Crippen molar-refractivity contribution in [1.29, 1.82) is 0 Å². The van der Waals surface area contributed by atoms with Gasteiger partial charge in [0.2, 0.25) is 0 Å². The lowest BCUT2D eigenvalue weighted by atomic mass is 10.1. The summed E-state index contributed by atoms with van der Waals surface area (Å²) in [6.45, 7) is 2.63. The molecule has 4 heterocycles. The third-order valence-corrected chi connectivity index (χ3v) is 5.58. The van der Waals surface area contributed by atoms with Crippen molar-refractivity contribution in [1.82, 2.24) is 29.5 Å². The maximum atomic E-state index is 12.7. The van der Waals surface area contributed by atoms with Gasteiger partial charge in [0.1, 0.15) is 23.4 Å². The van der Waals surface area contributed by atoms with Gasteiger partial charge >= 0.3 is 0 Å². The van der Waals surface area contributed by atoms with Gasteiger partial charge in [-0.2, -0.15) is 10.2 Å². The van der Waals surface area contributed by atoms with Crippen LogP contribution in [0, 0.1) is 6.92 Å². The van der Waals surface area contributed by atoms with Gasteiger partial charge in [0.25, 0.3) is 5.56 Å². The molecule has 0 bridgehead atoms. The van der Waals surface area contributed by atoms with Crippen molar-refractivity contribution in [2.75, 3.05) is 25.6 Å². The van der Waals surface area contributed by atoms with E-state index in [1.807, 2.05) is 38.2 Å². The number of ether oxygens (including phenoxy) is 2. The Morgan fingerprint density at radius 3 is 2.91 bits per heavy atom. The van der Waals surface area contributed by atoms with E-state index in [0.717, 1.165) is 22.3 Å². The van der Waals surface area contributed by atoms with Gasteiger partial charge in [-0.15, -0.1) is 0 Å². The monoisotopic (exact) mass is 433 g/mol. The zero-order valence-electron chi connectivity index (χ0n) is 18.0. The average molecular weight is 433 g/mol. The van der Waals surface area contributed by atoms with Crippen LogP contribution in [-0.2, 0) is 11.8 Å². The molecular formula is C22H23N7O3. The zero-order valence-corrected chi connectivity index (χ0v) is 18.0. The Morgan fingerprint density at radius 2 is 2.06 bits per heavy atom. The van der Waals surface area contributed by atoms with Crippen LogP contribution < -0.4 is 15.6 Å². The van der Waals surface area contributed by atoms with Crippen LogP contribution in [0.2, 0.25) is 0 Å². The van der Waals surface area contributed by atoms with Crippen molar-refractivity contribution in [3.63, 3.8) is 0 Å². The maximum absolute atomic E-state index is 12.7. The van der Waals surface area contributed by atoms with Gasteiger partial charge in [-0.3, -0.25) is 9.48 Å². The predicted octanol–water partition coefficient (Wildman–Crippen LogP) is 1.96. The highest BCUT2D eigenvalue weighted by Gasteiger charge is 2.32. The molecule has 10 heteroatoms. The van der Waals surface area contributed by atoms with Crippen LogP contribution in [0.25, 0.3) is 22.3 Å². The fourth-order valence-electron chi connectivity index (χ4n) is 3.94. The summed E-state index contributed by atoms with van der Waals surface area (Å²) in [6.07, 6.45) is 1.73. The Hall–Kier alpha value is -3.79. The van der Waals surface area contributed by atoms with Gasteiger partial charge < -0.3 is 14.8 Å². The molecule has 1 aliphatic rings. The first kappa shape index (κ1) is 20.1. The van der Waals surface area contributed by atoms with E-state index in [1.165, 1.54) is 10.7 Å². The van der Waals surface area contributed by atoms with E-state index in [1.54, 1.807) is 24.1 Å². The summed E-state index contributed by atoms with van der Waals surface area (Å²) in [7, 11) is 3.46. The van der Waals surface area contributed by atoms with Crippen molar-refractivity contribution in [3.8, 4) is 17.0 Å². The quantitative estimate of drug-likeness (QED) is 0.509. The smallest absolute Gasteiger partial charge is 0.267 e. The molecule has 0 amide bonds. The van der Waals surface area contributed by atoms with Crippen LogP contribution in [0.3, 0.4) is 0 Å². The first-order valence-corrected chi connectivity index (χ1v) is 10.3. The van der Waals surface area contributed by atoms with E-state index >= 15 is 0 Å². The molecule has 1 saturated heterocycles. The van der Waals surface area contributed by atoms with Crippen LogP contribution >= 0.6 is 0 Å². The van der Waals surface area contributed by atoms with Gasteiger partial charge in [0.15, 0.2) is 5.65 Å². The van der Waals surface area contributed by atoms with Gasteiger partial charge in [-0.05, 0) is 25.1 Å². The number of hydrogen-bond donors (Lipinski definition) is 1. The fraction of sp³-hybridized carbons (Fsp3) is 0.318. The van der Waals surface area contributed by atoms with E-state index in [9.17, 15) is 4.79 Å². The normalized spacial score (nSPS) is 18.2. The third-order valence-electron chi connectivity index (χ3n) is 5.58. The molecule has 0 aliphatic carbocycles. The first-order chi connectivity index (χ1) is 15.5. The molecule has 0 saturated carbocycles. The summed E-state index contributed by atoms with van der Waals surface area (Å²) >= 11 is 0. The highest BCUT2D eigenvalue weighted by Crippen LogP contribution is 2.27. The molecule has 32 heavy (non-hydrogen) atoms. The molecule has 0 spiro atoms. The predicted molar refractivity (Wildman–Crippen MR) is 119 cm³/mol. The molecule has 3 aromatic heterocycles. The van der Waals surface area contributed by atoms with Crippen molar-refractivity contribution in [2.24, 2.45) is 7.05 Å². The Bertz CT molecular complexity index is 1350. The summed E-state index contributed by atoms with van der Waals surface area (Å²) in [5.41, 5.74) is 2.10. The van der Waals surface area contributed by atoms with Crippen LogP contribution in [0.1, 0.15) is 11.9 Å². The lowest BCUT2D eigenvalue weighted by Gasteiger charge is -2.21. The Balaban J connectivity index is 1.49. The summed E-state index contributed by atoms with van der Waals surface area (Å²) in [4.78, 5) is 21.8. The molecule has 2 atom stereocenters. The van der Waals surface area contributed by atoms with Crippen LogP contribution in [-0.4, -0.2) is 55.9 Å². The minimum atomic E-state index is -0.296. The Morgan fingerprint density at radius 1 is 1.19 bits per heavy atom. The summed E-state index contributed by atoms with van der Waals surface area (Å²) in [5, 5.41) is 13.2. The molecule has 2 unspecified atom stereocenters. The second kappa shape index (κ2) is 8.04. The van der Waals surface area contributed by atoms with Crippen LogP contribution in [0.4, 0.5) is 5.82 Å². The SMILES string of the molecule is COc1cccc(-c2ccc(=O)n(C3COCC3Nc3nc(C)nc4c3cnn4C)n2)c1. The summed E-state index contributed by atoms with van der Waals surface area (Å²) in [6, 6.07) is 10.3. The van der Waals surface area contributed by atoms with Crippen molar-refractivity contribution in [2.45, 2.75) is 19.0 Å². The molecule has 1 N–H and O–H groups in total. The second-order valence-electron chi connectivity index (χ2n) is 7.71. The number of methoxy groups -OCH3 is 1. The third kappa shape index (κ3) is 3.58. The second-order valence-corrected chi connectivity index (χ2v) is 7.71. The topological polar surface area (TPSA) is 109 Å². The van der Waals surface area contributed by atoms with Crippen molar-refractivity contribution >= 4 is 16.9 Å². The van der Waals surface area contributed by atoms with Gasteiger partial charge in [-0.25, -0.2) is 14.6 Å².